The lowest BCUT2D eigenvalue weighted by atomic mass is 10.2. The first-order chi connectivity index (χ1) is 8.68. The summed E-state index contributed by atoms with van der Waals surface area (Å²) in [5, 5.41) is 14.5. The minimum Gasteiger partial charge on any atom is -0.386 e. The second-order valence-corrected chi connectivity index (χ2v) is 4.73. The number of aliphatic hydroxyl groups is 1. The summed E-state index contributed by atoms with van der Waals surface area (Å²) >= 11 is 1.48. The molecule has 6 heteroatoms. The molecule has 0 saturated heterocycles. The van der Waals surface area contributed by atoms with Crippen LogP contribution in [0.25, 0.3) is 0 Å². The molecule has 1 amide bonds. The molecule has 0 saturated carbocycles. The molecule has 0 spiro atoms. The lowest BCUT2D eigenvalue weighted by Gasteiger charge is -2.11. The van der Waals surface area contributed by atoms with Crippen molar-refractivity contribution in [1.82, 2.24) is 15.3 Å². The summed E-state index contributed by atoms with van der Waals surface area (Å²) in [5.74, 6) is -0.337. The molecule has 94 valence electrons. The molecule has 0 fully saturated rings. The zero-order chi connectivity index (χ0) is 13.0. The maximum absolute atomic E-state index is 11.7. The topological polar surface area (TPSA) is 75.1 Å². The van der Waals surface area contributed by atoms with Gasteiger partial charge in [0.05, 0.1) is 6.20 Å². The number of aliphatic hydroxyl groups excluding tert-OH is 1. The monoisotopic (exact) mass is 263 g/mol. The Morgan fingerprint density at radius 3 is 3.00 bits per heavy atom. The second-order valence-electron chi connectivity index (χ2n) is 3.78. The second kappa shape index (κ2) is 5.70. The average Bonchev–Trinajstić information content (AvgIpc) is 2.83. The summed E-state index contributed by atoms with van der Waals surface area (Å²) in [5.41, 5.74) is 1.27. The van der Waals surface area contributed by atoms with E-state index in [1.54, 1.807) is 0 Å². The van der Waals surface area contributed by atoms with Crippen LogP contribution in [0.1, 0.15) is 27.0 Å². The largest absolute Gasteiger partial charge is 0.386 e. The van der Waals surface area contributed by atoms with Crippen LogP contribution in [0.4, 0.5) is 0 Å². The molecule has 2 heterocycles. The lowest BCUT2D eigenvalue weighted by Crippen LogP contribution is -2.29. The van der Waals surface area contributed by atoms with Gasteiger partial charge in [-0.15, -0.1) is 11.3 Å². The third kappa shape index (κ3) is 2.91. The van der Waals surface area contributed by atoms with Crippen LogP contribution in [0.5, 0.6) is 0 Å². The summed E-state index contributed by atoms with van der Waals surface area (Å²) in [6, 6.07) is 1.94. The van der Waals surface area contributed by atoms with Crippen molar-refractivity contribution >= 4 is 17.2 Å². The molecule has 5 nitrogen and oxygen atoms in total. The number of hydrogen-bond donors (Lipinski definition) is 2. The van der Waals surface area contributed by atoms with Gasteiger partial charge in [-0.2, -0.15) is 0 Å². The number of aromatic nitrogens is 2. The molecule has 0 radical (unpaired) electrons. The fourth-order valence-electron chi connectivity index (χ4n) is 1.51. The number of carbonyl (C=O) groups excluding carboxylic acids is 1. The van der Waals surface area contributed by atoms with E-state index in [4.69, 9.17) is 0 Å². The first-order valence-electron chi connectivity index (χ1n) is 5.44. The molecule has 0 aliphatic carbocycles. The summed E-state index contributed by atoms with van der Waals surface area (Å²) in [6.45, 7) is 2.09. The number of aryl methyl sites for hydroxylation is 1. The van der Waals surface area contributed by atoms with Crippen LogP contribution in [0.15, 0.2) is 30.0 Å². The van der Waals surface area contributed by atoms with Gasteiger partial charge in [-0.25, -0.2) is 4.98 Å². The normalized spacial score (nSPS) is 12.1. The van der Waals surface area contributed by atoms with Crippen molar-refractivity contribution in [3.8, 4) is 0 Å². The number of carbonyl (C=O) groups is 1. The van der Waals surface area contributed by atoms with Crippen molar-refractivity contribution in [2.75, 3.05) is 6.54 Å². The molecular formula is C12H13N3O2S. The highest BCUT2D eigenvalue weighted by molar-refractivity contribution is 7.10. The van der Waals surface area contributed by atoms with Crippen LogP contribution >= 0.6 is 11.3 Å². The van der Waals surface area contributed by atoms with Crippen LogP contribution in [0.3, 0.4) is 0 Å². The number of hydrogen-bond acceptors (Lipinski definition) is 5. The van der Waals surface area contributed by atoms with Crippen LogP contribution in [-0.2, 0) is 0 Å². The van der Waals surface area contributed by atoms with Crippen molar-refractivity contribution in [2.24, 2.45) is 0 Å². The predicted molar refractivity (Wildman–Crippen MR) is 68.4 cm³/mol. The average molecular weight is 263 g/mol. The molecule has 0 aromatic carbocycles. The highest BCUT2D eigenvalue weighted by Gasteiger charge is 2.14. The minimum atomic E-state index is -0.689. The standard InChI is InChI=1S/C12H13N3O2S/c1-8-2-5-18-11(8)10(16)7-15-12(17)9-6-13-3-4-14-9/h2-6,10,16H,7H2,1H3,(H,15,17). The Kier molecular flexibility index (Phi) is 4.01. The number of nitrogens with one attached hydrogen (secondary N) is 1. The van der Waals surface area contributed by atoms with Gasteiger partial charge in [0.1, 0.15) is 11.8 Å². The molecular weight excluding hydrogens is 250 g/mol. The Morgan fingerprint density at radius 1 is 1.56 bits per heavy atom. The summed E-state index contributed by atoms with van der Waals surface area (Å²) in [6.07, 6.45) is 3.65. The van der Waals surface area contributed by atoms with Crippen molar-refractivity contribution in [1.29, 1.82) is 0 Å². The van der Waals surface area contributed by atoms with Gasteiger partial charge in [-0.1, -0.05) is 0 Å². The van der Waals surface area contributed by atoms with E-state index in [0.717, 1.165) is 10.4 Å². The van der Waals surface area contributed by atoms with Gasteiger partial charge in [0.2, 0.25) is 0 Å². The number of thiophene rings is 1. The summed E-state index contributed by atoms with van der Waals surface area (Å²) in [4.78, 5) is 20.2. The van der Waals surface area contributed by atoms with Gasteiger partial charge in [-0.3, -0.25) is 9.78 Å². The van der Waals surface area contributed by atoms with Crippen LogP contribution in [0.2, 0.25) is 0 Å². The van der Waals surface area contributed by atoms with Crippen molar-refractivity contribution in [3.63, 3.8) is 0 Å². The van der Waals surface area contributed by atoms with Gasteiger partial charge in [0, 0.05) is 23.8 Å². The molecule has 1 unspecified atom stereocenters. The fraction of sp³-hybridized carbons (Fsp3) is 0.250. The van der Waals surface area contributed by atoms with Gasteiger partial charge in [-0.05, 0) is 23.9 Å². The number of rotatable bonds is 4. The predicted octanol–water partition coefficient (Wildman–Crippen LogP) is 1.31. The SMILES string of the molecule is Cc1ccsc1C(O)CNC(=O)c1cnccn1. The number of amides is 1. The molecule has 0 bridgehead atoms. The van der Waals surface area contributed by atoms with E-state index in [9.17, 15) is 9.90 Å². The molecule has 2 aromatic rings. The zero-order valence-electron chi connectivity index (χ0n) is 9.83. The first-order valence-corrected chi connectivity index (χ1v) is 6.32. The lowest BCUT2D eigenvalue weighted by molar-refractivity contribution is 0.0912. The molecule has 18 heavy (non-hydrogen) atoms. The minimum absolute atomic E-state index is 0.163. The Balaban J connectivity index is 1.93. The van der Waals surface area contributed by atoms with Crippen LogP contribution in [-0.4, -0.2) is 27.5 Å². The maximum Gasteiger partial charge on any atom is 0.271 e. The Morgan fingerprint density at radius 2 is 2.39 bits per heavy atom. The van der Waals surface area contributed by atoms with Gasteiger partial charge in [0.25, 0.3) is 5.91 Å². The van der Waals surface area contributed by atoms with Crippen molar-refractivity contribution in [2.45, 2.75) is 13.0 Å². The van der Waals surface area contributed by atoms with E-state index in [-0.39, 0.29) is 18.1 Å². The third-order valence-corrected chi connectivity index (χ3v) is 3.58. The highest BCUT2D eigenvalue weighted by atomic mass is 32.1. The molecule has 2 rings (SSSR count). The van der Waals surface area contributed by atoms with Crippen molar-refractivity contribution < 1.29 is 9.90 Å². The van der Waals surface area contributed by atoms with Gasteiger partial charge < -0.3 is 10.4 Å². The zero-order valence-corrected chi connectivity index (χ0v) is 10.6. The third-order valence-electron chi connectivity index (χ3n) is 2.46. The molecule has 1 atom stereocenters. The van der Waals surface area contributed by atoms with E-state index in [1.807, 2.05) is 18.4 Å². The quantitative estimate of drug-likeness (QED) is 0.872. The van der Waals surface area contributed by atoms with Crippen LogP contribution < -0.4 is 5.32 Å². The molecule has 0 aliphatic rings. The Hall–Kier alpha value is -1.79. The fourth-order valence-corrected chi connectivity index (χ4v) is 2.43. The van der Waals surface area contributed by atoms with E-state index < -0.39 is 6.10 Å². The highest BCUT2D eigenvalue weighted by Crippen LogP contribution is 2.23. The van der Waals surface area contributed by atoms with E-state index in [0.29, 0.717) is 0 Å². The first kappa shape index (κ1) is 12.7. The van der Waals surface area contributed by atoms with E-state index >= 15 is 0 Å². The Bertz CT molecular complexity index is 527. The van der Waals surface area contributed by atoms with Gasteiger partial charge in [0.15, 0.2) is 0 Å². The van der Waals surface area contributed by atoms with E-state index in [2.05, 4.69) is 15.3 Å². The Labute approximate surface area is 109 Å². The summed E-state index contributed by atoms with van der Waals surface area (Å²) < 4.78 is 0. The smallest absolute Gasteiger partial charge is 0.271 e. The van der Waals surface area contributed by atoms with E-state index in [1.165, 1.54) is 29.9 Å². The number of nitrogens with zero attached hydrogens (tertiary/aromatic N) is 2. The maximum atomic E-state index is 11.7. The molecule has 2 N–H and O–H groups in total. The van der Waals surface area contributed by atoms with Crippen LogP contribution in [0, 0.1) is 6.92 Å². The summed E-state index contributed by atoms with van der Waals surface area (Å²) in [7, 11) is 0. The molecule has 2 aromatic heterocycles. The van der Waals surface area contributed by atoms with Crippen molar-refractivity contribution in [3.05, 3.63) is 46.2 Å². The molecule has 0 aliphatic heterocycles. The van der Waals surface area contributed by atoms with Gasteiger partial charge >= 0.3 is 0 Å².